The number of hydrogen-bond acceptors (Lipinski definition) is 5. The number of rotatable bonds is 8. The number of pyridine rings is 1. The van der Waals surface area contributed by atoms with Gasteiger partial charge in [-0.25, -0.2) is 0 Å². The molecule has 0 saturated carbocycles. The van der Waals surface area contributed by atoms with Crippen molar-refractivity contribution < 1.29 is 28.1 Å². The predicted molar refractivity (Wildman–Crippen MR) is 122 cm³/mol. The van der Waals surface area contributed by atoms with Gasteiger partial charge < -0.3 is 14.9 Å². The first kappa shape index (κ1) is 23.7. The van der Waals surface area contributed by atoms with Crippen molar-refractivity contribution in [3.05, 3.63) is 102 Å². The maximum Gasteiger partial charge on any atom is 0.416 e. The van der Waals surface area contributed by atoms with Crippen molar-refractivity contribution in [3.63, 3.8) is 0 Å². The molecule has 4 rings (SSSR count). The third-order valence-corrected chi connectivity index (χ3v) is 5.41. The standard InChI is InChI=1S/C26H23F3N2O3/c27-26(28,29)19-8-10-20(11-9-19)34-24-6-3-4-17-16-18(7-12-21(17)24)25(33)31-23(13-15-32)22-5-1-2-14-30-22/h1-12,14,16,23,25,31-33H,13,15H2/t23-,25?/m1/s1. The average Bonchev–Trinajstić information content (AvgIpc) is 2.84. The summed E-state index contributed by atoms with van der Waals surface area (Å²) in [5.41, 5.74) is 0.579. The zero-order chi connectivity index (χ0) is 24.1. The summed E-state index contributed by atoms with van der Waals surface area (Å²) in [5.74, 6) is 0.770. The number of benzene rings is 3. The van der Waals surface area contributed by atoms with E-state index in [0.29, 0.717) is 23.4 Å². The van der Waals surface area contributed by atoms with Gasteiger partial charge in [-0.3, -0.25) is 10.3 Å². The first-order valence-electron chi connectivity index (χ1n) is 10.7. The molecule has 5 nitrogen and oxygen atoms in total. The van der Waals surface area contributed by atoms with Crippen LogP contribution in [-0.4, -0.2) is 21.8 Å². The Morgan fingerprint density at radius 3 is 2.41 bits per heavy atom. The van der Waals surface area contributed by atoms with Crippen LogP contribution in [-0.2, 0) is 6.18 Å². The predicted octanol–water partition coefficient (Wildman–Crippen LogP) is 5.75. The van der Waals surface area contributed by atoms with E-state index in [4.69, 9.17) is 4.74 Å². The molecule has 4 aromatic rings. The molecule has 0 aliphatic carbocycles. The van der Waals surface area contributed by atoms with Gasteiger partial charge in [0.15, 0.2) is 0 Å². The number of nitrogens with one attached hydrogen (secondary N) is 1. The summed E-state index contributed by atoms with van der Waals surface area (Å²) in [6.45, 7) is -0.0661. The molecule has 2 atom stereocenters. The Balaban J connectivity index is 1.54. The van der Waals surface area contributed by atoms with Crippen molar-refractivity contribution in [2.75, 3.05) is 6.61 Å². The fourth-order valence-corrected chi connectivity index (χ4v) is 3.69. The summed E-state index contributed by atoms with van der Waals surface area (Å²) in [4.78, 5) is 4.30. The van der Waals surface area contributed by atoms with E-state index in [9.17, 15) is 23.4 Å². The van der Waals surface area contributed by atoms with Gasteiger partial charge in [0, 0.05) is 18.2 Å². The van der Waals surface area contributed by atoms with Crippen molar-refractivity contribution in [1.82, 2.24) is 10.3 Å². The topological polar surface area (TPSA) is 74.6 Å². The van der Waals surface area contributed by atoms with E-state index in [1.54, 1.807) is 42.6 Å². The van der Waals surface area contributed by atoms with Gasteiger partial charge >= 0.3 is 6.18 Å². The van der Waals surface area contributed by atoms with Gasteiger partial charge in [-0.15, -0.1) is 0 Å². The van der Waals surface area contributed by atoms with Crippen LogP contribution in [0, 0.1) is 0 Å². The van der Waals surface area contributed by atoms with Crippen molar-refractivity contribution in [2.45, 2.75) is 24.9 Å². The highest BCUT2D eigenvalue weighted by Gasteiger charge is 2.30. The molecule has 3 aromatic carbocycles. The maximum absolute atomic E-state index is 12.8. The molecule has 0 bridgehead atoms. The van der Waals surface area contributed by atoms with Crippen molar-refractivity contribution in [1.29, 1.82) is 0 Å². The highest BCUT2D eigenvalue weighted by Crippen LogP contribution is 2.34. The van der Waals surface area contributed by atoms with Crippen LogP contribution in [0.2, 0.25) is 0 Å². The second-order valence-corrected chi connectivity index (χ2v) is 7.75. The van der Waals surface area contributed by atoms with E-state index < -0.39 is 18.0 Å². The molecule has 0 aliphatic rings. The molecule has 3 N–H and O–H groups in total. The first-order valence-corrected chi connectivity index (χ1v) is 10.7. The Hall–Kier alpha value is -3.46. The van der Waals surface area contributed by atoms with E-state index in [1.165, 1.54) is 12.1 Å². The number of alkyl halides is 3. The highest BCUT2D eigenvalue weighted by molar-refractivity contribution is 5.89. The van der Waals surface area contributed by atoms with Crippen molar-refractivity contribution in [2.24, 2.45) is 0 Å². The van der Waals surface area contributed by atoms with Crippen molar-refractivity contribution >= 4 is 10.8 Å². The summed E-state index contributed by atoms with van der Waals surface area (Å²) in [6.07, 6.45) is -3.38. The van der Waals surface area contributed by atoms with E-state index in [2.05, 4.69) is 10.3 Å². The zero-order valence-electron chi connectivity index (χ0n) is 18.0. The SMILES string of the molecule is OCC[C@@H](NC(O)c1ccc2c(Oc3ccc(C(F)(F)F)cc3)cccc2c1)c1ccccn1. The number of nitrogens with zero attached hydrogens (tertiary/aromatic N) is 1. The van der Waals surface area contributed by atoms with Crippen LogP contribution in [0.1, 0.15) is 35.5 Å². The van der Waals surface area contributed by atoms with E-state index in [0.717, 1.165) is 22.9 Å². The number of aliphatic hydroxyl groups excluding tert-OH is 2. The smallest absolute Gasteiger partial charge is 0.416 e. The summed E-state index contributed by atoms with van der Waals surface area (Å²) in [7, 11) is 0. The largest absolute Gasteiger partial charge is 0.457 e. The molecule has 0 fully saturated rings. The molecule has 8 heteroatoms. The lowest BCUT2D eigenvalue weighted by molar-refractivity contribution is -0.137. The molecule has 1 aromatic heterocycles. The number of ether oxygens (including phenoxy) is 1. The van der Waals surface area contributed by atoms with Gasteiger partial charge in [-0.05, 0) is 65.9 Å². The molecule has 0 aliphatic heterocycles. The Kier molecular flexibility index (Phi) is 7.12. The lowest BCUT2D eigenvalue weighted by atomic mass is 10.0. The monoisotopic (exact) mass is 468 g/mol. The molecule has 34 heavy (non-hydrogen) atoms. The highest BCUT2D eigenvalue weighted by atomic mass is 19.4. The van der Waals surface area contributed by atoms with Crippen LogP contribution in [0.3, 0.4) is 0 Å². The molecular formula is C26H23F3N2O3. The molecule has 176 valence electrons. The molecule has 1 heterocycles. The second-order valence-electron chi connectivity index (χ2n) is 7.75. The normalized spacial score (nSPS) is 13.6. The van der Waals surface area contributed by atoms with Crippen LogP contribution in [0.5, 0.6) is 11.5 Å². The average molecular weight is 468 g/mol. The third kappa shape index (κ3) is 5.53. The zero-order valence-corrected chi connectivity index (χ0v) is 18.0. The van der Waals surface area contributed by atoms with Gasteiger partial charge in [-0.1, -0.05) is 30.3 Å². The van der Waals surface area contributed by atoms with Gasteiger partial charge in [-0.2, -0.15) is 13.2 Å². The van der Waals surface area contributed by atoms with Gasteiger partial charge in [0.2, 0.25) is 0 Å². The summed E-state index contributed by atoms with van der Waals surface area (Å²) in [6, 6.07) is 20.3. The molecular weight excluding hydrogens is 445 g/mol. The molecule has 0 radical (unpaired) electrons. The first-order chi connectivity index (χ1) is 16.3. The Morgan fingerprint density at radius 2 is 1.74 bits per heavy atom. The Bertz CT molecular complexity index is 1230. The number of fused-ring (bicyclic) bond motifs is 1. The van der Waals surface area contributed by atoms with E-state index in [1.807, 2.05) is 18.2 Å². The van der Waals surface area contributed by atoms with E-state index >= 15 is 0 Å². The van der Waals surface area contributed by atoms with Crippen LogP contribution >= 0.6 is 0 Å². The Labute approximate surface area is 194 Å². The van der Waals surface area contributed by atoms with Gasteiger partial charge in [0.05, 0.1) is 17.3 Å². The summed E-state index contributed by atoms with van der Waals surface area (Å²) < 4.78 is 44.2. The van der Waals surface area contributed by atoms with E-state index in [-0.39, 0.29) is 18.4 Å². The van der Waals surface area contributed by atoms with Crippen LogP contribution in [0.25, 0.3) is 10.8 Å². The Morgan fingerprint density at radius 1 is 0.941 bits per heavy atom. The number of aromatic nitrogens is 1. The number of halogens is 3. The van der Waals surface area contributed by atoms with Crippen LogP contribution in [0.15, 0.2) is 85.1 Å². The molecule has 0 spiro atoms. The minimum atomic E-state index is -4.41. The van der Waals surface area contributed by atoms with Crippen molar-refractivity contribution in [3.8, 4) is 11.5 Å². The van der Waals surface area contributed by atoms with Gasteiger partial charge in [0.25, 0.3) is 0 Å². The fourth-order valence-electron chi connectivity index (χ4n) is 3.69. The fraction of sp³-hybridized carbons (Fsp3) is 0.192. The second kappa shape index (κ2) is 10.2. The van der Waals surface area contributed by atoms with Crippen LogP contribution < -0.4 is 10.1 Å². The molecule has 1 unspecified atom stereocenters. The lowest BCUT2D eigenvalue weighted by Gasteiger charge is -2.22. The number of hydrogen-bond donors (Lipinski definition) is 3. The quantitative estimate of drug-likeness (QED) is 0.287. The molecule has 0 saturated heterocycles. The van der Waals surface area contributed by atoms with Gasteiger partial charge in [0.1, 0.15) is 17.7 Å². The minimum absolute atomic E-state index is 0.0661. The minimum Gasteiger partial charge on any atom is -0.457 e. The summed E-state index contributed by atoms with van der Waals surface area (Å²) in [5, 5.41) is 24.8. The lowest BCUT2D eigenvalue weighted by Crippen LogP contribution is -2.27. The molecule has 0 amide bonds. The number of aliphatic hydroxyl groups is 2. The maximum atomic E-state index is 12.8. The van der Waals surface area contributed by atoms with Crippen LogP contribution in [0.4, 0.5) is 13.2 Å². The summed E-state index contributed by atoms with van der Waals surface area (Å²) >= 11 is 0. The third-order valence-electron chi connectivity index (χ3n) is 5.41.